The van der Waals surface area contributed by atoms with Crippen molar-refractivity contribution in [2.24, 2.45) is 5.73 Å². The molecule has 1 rings (SSSR count). The zero-order valence-electron chi connectivity index (χ0n) is 10.1. The van der Waals surface area contributed by atoms with E-state index in [2.05, 4.69) is 24.1 Å². The van der Waals surface area contributed by atoms with Gasteiger partial charge >= 0.3 is 0 Å². The first-order chi connectivity index (χ1) is 7.26. The fourth-order valence-electron chi connectivity index (χ4n) is 2.00. The largest absolute Gasteiger partial charge is 0.329 e. The van der Waals surface area contributed by atoms with Crippen molar-refractivity contribution in [2.75, 3.05) is 44.2 Å². The van der Waals surface area contributed by atoms with Gasteiger partial charge in [0.2, 0.25) is 0 Å². The Morgan fingerprint density at radius 2 is 2.13 bits per heavy atom. The molecule has 0 aromatic rings. The summed E-state index contributed by atoms with van der Waals surface area (Å²) in [7, 11) is 0. The van der Waals surface area contributed by atoms with Gasteiger partial charge in [-0.2, -0.15) is 11.8 Å². The molecule has 0 spiro atoms. The lowest BCUT2D eigenvalue weighted by molar-refractivity contribution is 0.277. The van der Waals surface area contributed by atoms with E-state index >= 15 is 0 Å². The first-order valence-electron chi connectivity index (χ1n) is 6.01. The third-order valence-corrected chi connectivity index (χ3v) is 4.57. The van der Waals surface area contributed by atoms with Crippen molar-refractivity contribution < 1.29 is 0 Å². The van der Waals surface area contributed by atoms with Gasteiger partial charge in [-0.1, -0.05) is 13.8 Å². The number of rotatable bonds is 7. The zero-order chi connectivity index (χ0) is 11.1. The molecule has 0 saturated carbocycles. The van der Waals surface area contributed by atoms with E-state index in [1.54, 1.807) is 0 Å². The van der Waals surface area contributed by atoms with Crippen LogP contribution in [0.25, 0.3) is 0 Å². The second kappa shape index (κ2) is 6.74. The van der Waals surface area contributed by atoms with Crippen molar-refractivity contribution in [1.29, 1.82) is 0 Å². The molecule has 1 aliphatic heterocycles. The lowest BCUT2D eigenvalue weighted by atomic mass is 9.99. The smallest absolute Gasteiger partial charge is 0.0403 e. The Labute approximate surface area is 98.2 Å². The lowest BCUT2D eigenvalue weighted by Gasteiger charge is -2.29. The van der Waals surface area contributed by atoms with Crippen LogP contribution >= 0.6 is 11.8 Å². The van der Waals surface area contributed by atoms with Crippen LogP contribution in [0.3, 0.4) is 0 Å². The first-order valence-corrected chi connectivity index (χ1v) is 7.17. The van der Waals surface area contributed by atoms with Crippen molar-refractivity contribution in [1.82, 2.24) is 10.2 Å². The summed E-state index contributed by atoms with van der Waals surface area (Å²) in [6, 6.07) is 0. The Morgan fingerprint density at radius 3 is 2.60 bits per heavy atom. The third-order valence-electron chi connectivity index (χ3n) is 3.32. The van der Waals surface area contributed by atoms with Gasteiger partial charge in [0.15, 0.2) is 0 Å². The van der Waals surface area contributed by atoms with Crippen LogP contribution in [0.2, 0.25) is 0 Å². The summed E-state index contributed by atoms with van der Waals surface area (Å²) >= 11 is 2.02. The average Bonchev–Trinajstić information content (AvgIpc) is 2.74. The van der Waals surface area contributed by atoms with Gasteiger partial charge in [0.25, 0.3) is 0 Å². The Bertz CT molecular complexity index is 165. The van der Waals surface area contributed by atoms with Crippen LogP contribution in [0.15, 0.2) is 0 Å². The predicted octanol–water partition coefficient (Wildman–Crippen LogP) is 0.752. The summed E-state index contributed by atoms with van der Waals surface area (Å²) in [5.74, 6) is 2.44. The van der Waals surface area contributed by atoms with Gasteiger partial charge < -0.3 is 16.0 Å². The maximum absolute atomic E-state index is 5.86. The number of nitrogens with zero attached hydrogens (tertiary/aromatic N) is 1. The van der Waals surface area contributed by atoms with Crippen LogP contribution in [-0.4, -0.2) is 54.7 Å². The van der Waals surface area contributed by atoms with Crippen LogP contribution < -0.4 is 11.1 Å². The van der Waals surface area contributed by atoms with E-state index in [9.17, 15) is 0 Å². The quantitative estimate of drug-likeness (QED) is 0.678. The zero-order valence-corrected chi connectivity index (χ0v) is 10.9. The van der Waals surface area contributed by atoms with Gasteiger partial charge in [-0.05, 0) is 25.3 Å². The molecule has 15 heavy (non-hydrogen) atoms. The Morgan fingerprint density at radius 1 is 1.40 bits per heavy atom. The molecule has 1 saturated heterocycles. The highest BCUT2D eigenvalue weighted by Gasteiger charge is 2.31. The highest BCUT2D eigenvalue weighted by atomic mass is 32.2. The molecule has 0 bridgehead atoms. The first kappa shape index (κ1) is 13.3. The highest BCUT2D eigenvalue weighted by molar-refractivity contribution is 7.99. The minimum Gasteiger partial charge on any atom is -0.329 e. The topological polar surface area (TPSA) is 41.3 Å². The number of hydrogen-bond acceptors (Lipinski definition) is 4. The van der Waals surface area contributed by atoms with Crippen molar-refractivity contribution >= 4 is 11.8 Å². The number of nitrogens with two attached hydrogens (primary N) is 1. The average molecular weight is 231 g/mol. The summed E-state index contributed by atoms with van der Waals surface area (Å²) in [6.45, 7) is 9.70. The van der Waals surface area contributed by atoms with Gasteiger partial charge in [0.1, 0.15) is 0 Å². The number of hydrogen-bond donors (Lipinski definition) is 2. The van der Waals surface area contributed by atoms with Gasteiger partial charge in [-0.3, -0.25) is 0 Å². The summed E-state index contributed by atoms with van der Waals surface area (Å²) in [5, 5.41) is 3.66. The van der Waals surface area contributed by atoms with Crippen LogP contribution in [-0.2, 0) is 0 Å². The van der Waals surface area contributed by atoms with Crippen LogP contribution in [0, 0.1) is 0 Å². The fourth-order valence-corrected chi connectivity index (χ4v) is 3.43. The molecule has 90 valence electrons. The molecule has 0 aromatic carbocycles. The van der Waals surface area contributed by atoms with E-state index in [0.29, 0.717) is 0 Å². The second-order valence-electron chi connectivity index (χ2n) is 4.24. The standard InChI is InChI=1S/C11H25N3S/c1-3-14(4-2)7-6-13-11(9-12)5-8-15-10-11/h13H,3-10,12H2,1-2H3. The Balaban J connectivity index is 2.22. The van der Waals surface area contributed by atoms with Crippen LogP contribution in [0.1, 0.15) is 20.3 Å². The summed E-state index contributed by atoms with van der Waals surface area (Å²) in [6.07, 6.45) is 1.23. The summed E-state index contributed by atoms with van der Waals surface area (Å²) in [4.78, 5) is 2.44. The van der Waals surface area contributed by atoms with E-state index < -0.39 is 0 Å². The molecule has 4 heteroatoms. The lowest BCUT2D eigenvalue weighted by Crippen LogP contribution is -2.53. The van der Waals surface area contributed by atoms with Gasteiger partial charge in [-0.25, -0.2) is 0 Å². The maximum Gasteiger partial charge on any atom is 0.0403 e. The molecule has 1 atom stereocenters. The molecule has 1 aliphatic rings. The molecule has 1 heterocycles. The normalized spacial score (nSPS) is 26.4. The maximum atomic E-state index is 5.86. The predicted molar refractivity (Wildman–Crippen MR) is 69.5 cm³/mol. The monoisotopic (exact) mass is 231 g/mol. The third kappa shape index (κ3) is 3.94. The molecule has 0 radical (unpaired) electrons. The van der Waals surface area contributed by atoms with Gasteiger partial charge in [0, 0.05) is 30.9 Å². The molecule has 0 amide bonds. The van der Waals surface area contributed by atoms with Gasteiger partial charge in [0.05, 0.1) is 0 Å². The number of likely N-dealkylation sites (N-methyl/N-ethyl adjacent to an activating group) is 1. The molecule has 1 unspecified atom stereocenters. The minimum absolute atomic E-state index is 0.234. The van der Waals surface area contributed by atoms with E-state index in [0.717, 1.165) is 32.7 Å². The van der Waals surface area contributed by atoms with Crippen LogP contribution in [0.4, 0.5) is 0 Å². The molecule has 0 aliphatic carbocycles. The van der Waals surface area contributed by atoms with E-state index in [-0.39, 0.29) is 5.54 Å². The molecule has 3 N–H and O–H groups in total. The van der Waals surface area contributed by atoms with E-state index in [1.165, 1.54) is 17.9 Å². The minimum atomic E-state index is 0.234. The van der Waals surface area contributed by atoms with Crippen molar-refractivity contribution in [3.63, 3.8) is 0 Å². The molecular weight excluding hydrogens is 206 g/mol. The highest BCUT2D eigenvalue weighted by Crippen LogP contribution is 2.26. The van der Waals surface area contributed by atoms with Crippen LogP contribution in [0.5, 0.6) is 0 Å². The van der Waals surface area contributed by atoms with Gasteiger partial charge in [-0.15, -0.1) is 0 Å². The number of thioether (sulfide) groups is 1. The molecular formula is C11H25N3S. The molecule has 3 nitrogen and oxygen atoms in total. The van der Waals surface area contributed by atoms with Crippen molar-refractivity contribution in [3.8, 4) is 0 Å². The second-order valence-corrected chi connectivity index (χ2v) is 5.35. The van der Waals surface area contributed by atoms with E-state index in [4.69, 9.17) is 5.73 Å². The fraction of sp³-hybridized carbons (Fsp3) is 1.00. The van der Waals surface area contributed by atoms with Crippen molar-refractivity contribution in [2.45, 2.75) is 25.8 Å². The molecule has 1 fully saturated rings. The SMILES string of the molecule is CCN(CC)CCNC1(CN)CCSC1. The Hall–Kier alpha value is 0.230. The summed E-state index contributed by atoms with van der Waals surface area (Å²) in [5.41, 5.74) is 6.10. The summed E-state index contributed by atoms with van der Waals surface area (Å²) < 4.78 is 0. The molecule has 0 aromatic heterocycles. The van der Waals surface area contributed by atoms with E-state index in [1.807, 2.05) is 11.8 Å². The Kier molecular flexibility index (Phi) is 5.97. The number of nitrogens with one attached hydrogen (secondary N) is 1. The van der Waals surface area contributed by atoms with Crippen molar-refractivity contribution in [3.05, 3.63) is 0 Å².